The molecule has 1 aliphatic rings. The second kappa shape index (κ2) is 9.92. The van der Waals surface area contributed by atoms with E-state index in [1.165, 1.54) is 47.6 Å². The minimum Gasteiger partial charge on any atom is -0.459 e. The molecule has 3 aromatic rings. The molecule has 176 valence electrons. The fourth-order valence-electron chi connectivity index (χ4n) is 3.68. The molecule has 0 unspecified atom stereocenters. The number of nitrogens with one attached hydrogen (secondary N) is 1. The Balaban J connectivity index is 1.53. The minimum atomic E-state index is -4.25. The lowest BCUT2D eigenvalue weighted by Gasteiger charge is -2.36. The first kappa shape index (κ1) is 23.2. The number of sulfone groups is 1. The molecule has 9 nitrogen and oxygen atoms in total. The summed E-state index contributed by atoms with van der Waals surface area (Å²) < 4.78 is 31.7. The summed E-state index contributed by atoms with van der Waals surface area (Å²) >= 11 is 0. The molecular weight excluding hydrogens is 458 g/mol. The maximum absolute atomic E-state index is 13.4. The van der Waals surface area contributed by atoms with Gasteiger partial charge in [-0.1, -0.05) is 36.4 Å². The monoisotopic (exact) mass is 481 g/mol. The van der Waals surface area contributed by atoms with Gasteiger partial charge in [-0.3, -0.25) is 14.4 Å². The van der Waals surface area contributed by atoms with E-state index in [2.05, 4.69) is 5.32 Å². The topological polar surface area (TPSA) is 117 Å². The van der Waals surface area contributed by atoms with E-state index < -0.39 is 27.0 Å². The zero-order valence-electron chi connectivity index (χ0n) is 18.2. The molecule has 10 heteroatoms. The molecule has 34 heavy (non-hydrogen) atoms. The van der Waals surface area contributed by atoms with E-state index >= 15 is 0 Å². The Morgan fingerprint density at radius 1 is 0.794 bits per heavy atom. The van der Waals surface area contributed by atoms with Crippen LogP contribution in [0.15, 0.2) is 88.4 Å². The molecule has 1 aromatic heterocycles. The Morgan fingerprint density at radius 2 is 1.38 bits per heavy atom. The highest BCUT2D eigenvalue weighted by Crippen LogP contribution is 2.18. The van der Waals surface area contributed by atoms with Gasteiger partial charge in [-0.2, -0.15) is 0 Å². The average molecular weight is 482 g/mol. The van der Waals surface area contributed by atoms with Crippen LogP contribution in [0.25, 0.3) is 0 Å². The normalized spacial score (nSPS) is 14.9. The maximum Gasteiger partial charge on any atom is 0.288 e. The lowest BCUT2D eigenvalue weighted by molar-refractivity contribution is -0.132. The number of benzene rings is 2. The van der Waals surface area contributed by atoms with Crippen molar-refractivity contribution < 1.29 is 27.2 Å². The number of carbonyl (C=O) groups excluding carboxylic acids is 3. The van der Waals surface area contributed by atoms with Gasteiger partial charge in [0.15, 0.2) is 5.76 Å². The van der Waals surface area contributed by atoms with Crippen LogP contribution in [0.1, 0.15) is 20.9 Å². The first-order chi connectivity index (χ1) is 16.4. The number of hydrogen-bond acceptors (Lipinski definition) is 6. The zero-order chi connectivity index (χ0) is 24.1. The predicted octanol–water partition coefficient (Wildman–Crippen LogP) is 1.79. The molecule has 1 fully saturated rings. The van der Waals surface area contributed by atoms with Crippen molar-refractivity contribution in [2.75, 3.05) is 26.2 Å². The SMILES string of the molecule is O=C(N[C@@H](C(=O)N1CCN(C(=O)c2ccccc2)CC1)S(=O)(=O)c1ccccc1)c1ccco1. The van der Waals surface area contributed by atoms with Gasteiger partial charge in [-0.25, -0.2) is 8.42 Å². The third-order valence-electron chi connectivity index (χ3n) is 5.51. The lowest BCUT2D eigenvalue weighted by atomic mass is 10.2. The van der Waals surface area contributed by atoms with Crippen LogP contribution in [-0.2, 0) is 14.6 Å². The molecule has 1 N–H and O–H groups in total. The van der Waals surface area contributed by atoms with Gasteiger partial charge in [0.2, 0.25) is 15.2 Å². The van der Waals surface area contributed by atoms with E-state index in [1.807, 2.05) is 6.07 Å². The number of carbonyl (C=O) groups is 3. The van der Waals surface area contributed by atoms with E-state index in [4.69, 9.17) is 4.42 Å². The predicted molar refractivity (Wildman–Crippen MR) is 123 cm³/mol. The van der Waals surface area contributed by atoms with Crippen LogP contribution in [0, 0.1) is 0 Å². The van der Waals surface area contributed by atoms with Gasteiger partial charge in [0.1, 0.15) is 0 Å². The van der Waals surface area contributed by atoms with Gasteiger partial charge in [-0.15, -0.1) is 0 Å². The molecule has 0 saturated carbocycles. The van der Waals surface area contributed by atoms with Crippen LogP contribution in [0.2, 0.25) is 0 Å². The van der Waals surface area contributed by atoms with Gasteiger partial charge in [0.05, 0.1) is 11.2 Å². The number of nitrogens with zero attached hydrogens (tertiary/aromatic N) is 2. The van der Waals surface area contributed by atoms with Crippen molar-refractivity contribution in [3.8, 4) is 0 Å². The first-order valence-corrected chi connectivity index (χ1v) is 12.2. The van der Waals surface area contributed by atoms with E-state index in [9.17, 15) is 22.8 Å². The molecule has 2 heterocycles. The van der Waals surface area contributed by atoms with Crippen molar-refractivity contribution in [1.82, 2.24) is 15.1 Å². The number of furan rings is 1. The maximum atomic E-state index is 13.4. The molecule has 0 aliphatic carbocycles. The van der Waals surface area contributed by atoms with Gasteiger partial charge < -0.3 is 19.5 Å². The fourth-order valence-corrected chi connectivity index (χ4v) is 5.16. The summed E-state index contributed by atoms with van der Waals surface area (Å²) in [5, 5.41) is 0.479. The Bertz CT molecular complexity index is 1250. The van der Waals surface area contributed by atoms with Crippen LogP contribution >= 0.6 is 0 Å². The molecule has 1 saturated heterocycles. The Hall–Kier alpha value is -3.92. The highest BCUT2D eigenvalue weighted by atomic mass is 32.2. The van der Waals surface area contributed by atoms with Crippen molar-refractivity contribution in [1.29, 1.82) is 0 Å². The van der Waals surface area contributed by atoms with Gasteiger partial charge in [0, 0.05) is 31.7 Å². The standard InChI is InChI=1S/C24H23N3O6S/c28-21(20-12-7-17-33-20)25-22(34(31,32)19-10-5-2-6-11-19)24(30)27-15-13-26(14-16-27)23(29)18-8-3-1-4-9-18/h1-12,17,22H,13-16H2,(H,25,28)/t22-/m1/s1. The average Bonchev–Trinajstić information content (AvgIpc) is 3.43. The van der Waals surface area contributed by atoms with Crippen LogP contribution in [0.3, 0.4) is 0 Å². The minimum absolute atomic E-state index is 0.0917. The second-order valence-corrected chi connectivity index (χ2v) is 9.71. The van der Waals surface area contributed by atoms with Crippen LogP contribution in [0.5, 0.6) is 0 Å². The first-order valence-electron chi connectivity index (χ1n) is 10.6. The molecule has 1 aliphatic heterocycles. The summed E-state index contributed by atoms with van der Waals surface area (Å²) in [4.78, 5) is 41.5. The summed E-state index contributed by atoms with van der Waals surface area (Å²) in [6.45, 7) is 0.747. The largest absolute Gasteiger partial charge is 0.459 e. The van der Waals surface area contributed by atoms with E-state index in [-0.39, 0.29) is 42.7 Å². The molecule has 0 radical (unpaired) electrons. The molecule has 2 aromatic carbocycles. The van der Waals surface area contributed by atoms with Crippen molar-refractivity contribution in [2.45, 2.75) is 10.3 Å². The molecule has 1 atom stereocenters. The summed E-state index contributed by atoms with van der Waals surface area (Å²) in [6.07, 6.45) is 1.28. The van der Waals surface area contributed by atoms with Crippen molar-refractivity contribution in [2.24, 2.45) is 0 Å². The molecular formula is C24H23N3O6S. The van der Waals surface area contributed by atoms with Gasteiger partial charge >= 0.3 is 0 Å². The number of piperazine rings is 1. The van der Waals surface area contributed by atoms with Crippen molar-refractivity contribution in [3.05, 3.63) is 90.4 Å². The van der Waals surface area contributed by atoms with E-state index in [0.717, 1.165) is 0 Å². The zero-order valence-corrected chi connectivity index (χ0v) is 19.0. The molecule has 3 amide bonds. The third kappa shape index (κ3) is 4.86. The van der Waals surface area contributed by atoms with Gasteiger partial charge in [0.25, 0.3) is 17.7 Å². The van der Waals surface area contributed by atoms with E-state index in [0.29, 0.717) is 5.56 Å². The van der Waals surface area contributed by atoms with Crippen molar-refractivity contribution >= 4 is 27.6 Å². The number of rotatable bonds is 6. The smallest absolute Gasteiger partial charge is 0.288 e. The van der Waals surface area contributed by atoms with Crippen molar-refractivity contribution in [3.63, 3.8) is 0 Å². The Kier molecular flexibility index (Phi) is 6.78. The number of hydrogen-bond donors (Lipinski definition) is 1. The van der Waals surface area contributed by atoms with Crippen LogP contribution < -0.4 is 5.32 Å². The van der Waals surface area contributed by atoms with Gasteiger partial charge in [-0.05, 0) is 36.4 Å². The summed E-state index contributed by atoms with van der Waals surface area (Å²) in [5.74, 6) is -1.86. The Morgan fingerprint density at radius 3 is 1.97 bits per heavy atom. The quantitative estimate of drug-likeness (QED) is 0.574. The van der Waals surface area contributed by atoms with Crippen LogP contribution in [-0.4, -0.2) is 67.5 Å². The lowest BCUT2D eigenvalue weighted by Crippen LogP contribution is -2.57. The summed E-state index contributed by atoms with van der Waals surface area (Å²) in [7, 11) is -4.25. The number of amides is 3. The van der Waals surface area contributed by atoms with Crippen LogP contribution in [0.4, 0.5) is 0 Å². The fraction of sp³-hybridized carbons (Fsp3) is 0.208. The molecule has 0 spiro atoms. The molecule has 4 rings (SSSR count). The highest BCUT2D eigenvalue weighted by molar-refractivity contribution is 7.92. The Labute approximate surface area is 196 Å². The summed E-state index contributed by atoms with van der Waals surface area (Å²) in [5.41, 5.74) is 0.539. The second-order valence-electron chi connectivity index (χ2n) is 7.67. The third-order valence-corrected chi connectivity index (χ3v) is 7.38. The van der Waals surface area contributed by atoms with E-state index in [1.54, 1.807) is 35.2 Å². The summed E-state index contributed by atoms with van der Waals surface area (Å²) in [6, 6.07) is 19.1. The molecule has 0 bridgehead atoms. The highest BCUT2D eigenvalue weighted by Gasteiger charge is 2.40.